The van der Waals surface area contributed by atoms with E-state index < -0.39 is 0 Å². The molecule has 29 heteroatoms. The Morgan fingerprint density at radius 1 is 0.256 bits per heavy atom. The number of hydrogen-bond donors (Lipinski definition) is 2. The number of fused-ring (bicyclic) bond motifs is 20. The Morgan fingerprint density at radius 2 is 0.522 bits per heavy atom. The van der Waals surface area contributed by atoms with E-state index in [1.165, 1.54) is 35.5 Å². The molecule has 3 aromatic heterocycles. The summed E-state index contributed by atoms with van der Waals surface area (Å²) in [7, 11) is 7.48. The lowest BCUT2D eigenvalue weighted by Crippen LogP contribution is -1.96. The van der Waals surface area contributed by atoms with Crippen molar-refractivity contribution in [3.05, 3.63) is 151 Å². The Bertz CT molecular complexity index is 5020. The summed E-state index contributed by atoms with van der Waals surface area (Å²) >= 11 is 88.4. The molecule has 90 heavy (non-hydrogen) atoms. The number of hydrogen-bond acceptors (Lipinski definition) is 15. The Morgan fingerprint density at radius 3 is 0.833 bits per heavy atom. The summed E-state index contributed by atoms with van der Waals surface area (Å²) in [6.07, 6.45) is 0. The van der Waals surface area contributed by atoms with E-state index in [1.54, 1.807) is 91.0 Å². The van der Waals surface area contributed by atoms with E-state index in [4.69, 9.17) is 212 Å². The first kappa shape index (κ1) is 61.6. The van der Waals surface area contributed by atoms with Crippen LogP contribution in [0.4, 0.5) is 0 Å². The molecule has 0 unspecified atom stereocenters. The van der Waals surface area contributed by atoms with Crippen LogP contribution in [-0.2, 0) is 0 Å². The minimum atomic E-state index is -0.181. The molecule has 11 aromatic rings. The van der Waals surface area contributed by atoms with Crippen molar-refractivity contribution in [1.29, 1.82) is 0 Å². The Balaban J connectivity index is 1.19. The van der Waals surface area contributed by atoms with E-state index in [9.17, 15) is 0 Å². The summed E-state index contributed by atoms with van der Waals surface area (Å²) in [6, 6.07) is 24.9. The van der Waals surface area contributed by atoms with Crippen molar-refractivity contribution in [2.45, 2.75) is 0 Å². The predicted octanol–water partition coefficient (Wildman–Crippen LogP) is 21.9. The molecule has 13 rings (SSSR count). The monoisotopic (exact) mass is 1440 g/mol. The van der Waals surface area contributed by atoms with E-state index in [0.717, 1.165) is 0 Å². The number of nitrogens with one attached hydrogen (secondary N) is 2. The number of benzene rings is 8. The lowest BCUT2D eigenvalue weighted by molar-refractivity contribution is 0.346. The van der Waals surface area contributed by atoms with Gasteiger partial charge >= 0.3 is 0 Å². The molecule has 2 N–H and O–H groups in total. The molecule has 5 heterocycles. The molecule has 454 valence electrons. The molecule has 2 aliphatic heterocycles. The van der Waals surface area contributed by atoms with Gasteiger partial charge in [0.1, 0.15) is 77.2 Å². The fourth-order valence-corrected chi connectivity index (χ4v) is 13.4. The maximum atomic E-state index is 7.57. The van der Waals surface area contributed by atoms with Crippen LogP contribution < -0.4 is 42.6 Å². The highest BCUT2D eigenvalue weighted by Crippen LogP contribution is 2.58. The largest absolute Gasteiger partial charge is 0.497 e. The van der Waals surface area contributed by atoms with Crippen LogP contribution in [0.1, 0.15) is 0 Å². The second-order valence-electron chi connectivity index (χ2n) is 19.1. The predicted molar refractivity (Wildman–Crippen MR) is 355 cm³/mol. The van der Waals surface area contributed by atoms with Gasteiger partial charge in [-0.2, -0.15) is 0 Å². The molecule has 0 spiro atoms. The van der Waals surface area contributed by atoms with Crippen LogP contribution in [0.5, 0.6) is 74.7 Å². The molecular weight excluding hydrogens is 1410 g/mol. The summed E-state index contributed by atoms with van der Waals surface area (Å²) < 4.78 is 53.2. The summed E-state index contributed by atoms with van der Waals surface area (Å²) in [5.74, 6) is 2.21. The number of aromatic nitrogens is 8. The lowest BCUT2D eigenvalue weighted by atomic mass is 10.1. The smallest absolute Gasteiger partial charge is 0.211 e. The standard InChI is InChI=1S/C61H32Cl12N8O9/c1-82-21-9-15-24(16-10-21)87-50-41(66)33-29(37(62)45(50)70)54-74-55-32-36(44(69)53(48(73)40(32)65)90-49-27(85-4)7-6-8-28(49)86-5)61(76-55)81-60-35-31(39(64)47(72)52(43(35)68)89-26-19-13-23(84-3)14-20-26)57(80-60)79-59-34-30(56(78-59)77-58(33)75-54)38(63)46(71)51(42(34)67)88-25-17-11-22(83-2)12-18-25/h6-20H,1-5H3,(H2,74,75,76,77,78,79,80,81). The number of methoxy groups -OCH3 is 5. The summed E-state index contributed by atoms with van der Waals surface area (Å²) in [6.45, 7) is 0. The molecule has 0 radical (unpaired) electrons. The van der Waals surface area contributed by atoms with Crippen molar-refractivity contribution >= 4 is 183 Å². The lowest BCUT2D eigenvalue weighted by Gasteiger charge is -2.16. The van der Waals surface area contributed by atoms with Crippen LogP contribution in [-0.4, -0.2) is 75.4 Å². The molecule has 2 aliphatic rings. The summed E-state index contributed by atoms with van der Waals surface area (Å²) in [4.78, 5) is 37.1. The number of ether oxygens (including phenoxy) is 9. The number of halogens is 12. The zero-order valence-electron chi connectivity index (χ0n) is 46.1. The zero-order valence-corrected chi connectivity index (χ0v) is 55.1. The first-order chi connectivity index (χ1) is 43.4. The van der Waals surface area contributed by atoms with Crippen molar-refractivity contribution in [1.82, 2.24) is 39.9 Å². The quantitative estimate of drug-likeness (QED) is 0.104. The molecule has 0 fully saturated rings. The van der Waals surface area contributed by atoms with Crippen molar-refractivity contribution in [3.63, 3.8) is 0 Å². The molecule has 0 amide bonds. The van der Waals surface area contributed by atoms with E-state index in [-0.39, 0.29) is 190 Å². The van der Waals surface area contributed by atoms with Crippen LogP contribution in [0, 0.1) is 0 Å². The molecule has 8 aromatic carbocycles. The third kappa shape index (κ3) is 10.4. The van der Waals surface area contributed by atoms with Crippen LogP contribution >= 0.6 is 139 Å². The van der Waals surface area contributed by atoms with E-state index in [1.807, 2.05) is 0 Å². The molecular formula is C61H32Cl12N8O9. The van der Waals surface area contributed by atoms with Gasteiger partial charge in [0.25, 0.3) is 0 Å². The van der Waals surface area contributed by atoms with Gasteiger partial charge in [0, 0.05) is 0 Å². The van der Waals surface area contributed by atoms with Crippen molar-refractivity contribution < 1.29 is 42.6 Å². The highest BCUT2D eigenvalue weighted by Gasteiger charge is 2.36. The summed E-state index contributed by atoms with van der Waals surface area (Å²) in [5.41, 5.74) is 0.0625. The van der Waals surface area contributed by atoms with Gasteiger partial charge in [-0.05, 0) is 84.9 Å². The van der Waals surface area contributed by atoms with Crippen LogP contribution in [0.2, 0.25) is 60.3 Å². The zero-order chi connectivity index (χ0) is 63.3. The number of H-pyrrole nitrogens is 2. The third-order valence-corrected chi connectivity index (χ3v) is 18.9. The molecule has 8 bridgehead atoms. The molecule has 0 saturated carbocycles. The first-order valence-corrected chi connectivity index (χ1v) is 30.4. The van der Waals surface area contributed by atoms with Crippen LogP contribution in [0.25, 0.3) is 89.7 Å². The first-order valence-electron chi connectivity index (χ1n) is 25.9. The Labute approximate surface area is 568 Å². The minimum Gasteiger partial charge on any atom is -0.497 e. The van der Waals surface area contributed by atoms with E-state index in [2.05, 4.69) is 9.97 Å². The van der Waals surface area contributed by atoms with Gasteiger partial charge in [-0.1, -0.05) is 145 Å². The van der Waals surface area contributed by atoms with Gasteiger partial charge in [0.15, 0.2) is 57.8 Å². The third-order valence-electron chi connectivity index (χ3n) is 14.2. The number of aromatic amines is 2. The number of nitrogens with zero attached hydrogens (tertiary/aromatic N) is 6. The molecule has 17 nitrogen and oxygen atoms in total. The Kier molecular flexibility index (Phi) is 16.7. The van der Waals surface area contributed by atoms with E-state index in [0.29, 0.717) is 34.5 Å². The average Bonchev–Trinajstić information content (AvgIpc) is 1.58. The van der Waals surface area contributed by atoms with Crippen molar-refractivity contribution in [2.24, 2.45) is 0 Å². The normalized spacial score (nSPS) is 11.6. The van der Waals surface area contributed by atoms with Gasteiger partial charge in [-0.25, -0.2) is 29.9 Å². The number of para-hydroxylation sites is 1. The molecule has 0 saturated heterocycles. The van der Waals surface area contributed by atoms with Crippen molar-refractivity contribution in [3.8, 4) is 120 Å². The van der Waals surface area contributed by atoms with Gasteiger partial charge in [0.05, 0.1) is 120 Å². The number of rotatable bonds is 13. The SMILES string of the molecule is COc1ccc(Oc2c(Cl)c(Cl)c3c(c2Cl)-c2nc-3nc3[nH]c(nc4nc(nc5[nH]c(n2)c2c(Cl)c(Cl)c(Oc6ccc(OC)cc6)c(Cl)c52)-c2c(Cl)c(Cl)c(Oc5ccc(OC)cc5)c(Cl)c2-4)c2c(Cl)c(Oc4c(OC)cccc4OC)c(Cl)c(Cl)c32)cc1. The fourth-order valence-electron chi connectivity index (χ4n) is 9.93. The summed E-state index contributed by atoms with van der Waals surface area (Å²) in [5, 5.41) is -1.19. The maximum absolute atomic E-state index is 7.57. The van der Waals surface area contributed by atoms with Crippen LogP contribution in [0.15, 0.2) is 91.0 Å². The maximum Gasteiger partial charge on any atom is 0.211 e. The second-order valence-corrected chi connectivity index (χ2v) is 23.7. The average molecular weight is 1450 g/mol. The highest BCUT2D eigenvalue weighted by molar-refractivity contribution is 6.53. The van der Waals surface area contributed by atoms with E-state index >= 15 is 0 Å². The highest BCUT2D eigenvalue weighted by atomic mass is 35.5. The second kappa shape index (κ2) is 24.4. The van der Waals surface area contributed by atoms with Crippen LogP contribution in [0.3, 0.4) is 0 Å². The van der Waals surface area contributed by atoms with Crippen molar-refractivity contribution in [2.75, 3.05) is 35.5 Å². The van der Waals surface area contributed by atoms with Gasteiger partial charge in [-0.3, -0.25) is 0 Å². The topological polar surface area (TPSA) is 192 Å². The fraction of sp³-hybridized carbons (Fsp3) is 0.0820. The van der Waals surface area contributed by atoms with Gasteiger partial charge in [0.2, 0.25) is 5.75 Å². The van der Waals surface area contributed by atoms with Gasteiger partial charge < -0.3 is 52.6 Å². The van der Waals surface area contributed by atoms with Gasteiger partial charge in [-0.15, -0.1) is 0 Å². The molecule has 0 aliphatic carbocycles. The Hall–Kier alpha value is -7.20. The minimum absolute atomic E-state index is 0.0436. The molecule has 0 atom stereocenters.